The highest BCUT2D eigenvalue weighted by Gasteiger charge is 2.52. The molecule has 0 fully saturated rings. The van der Waals surface area contributed by atoms with Crippen LogP contribution in [-0.4, -0.2) is 41.3 Å². The molecule has 4 aromatic rings. The number of esters is 1. The molecular formula is C32H34N2O5. The van der Waals surface area contributed by atoms with Crippen molar-refractivity contribution in [3.63, 3.8) is 0 Å². The maximum absolute atomic E-state index is 13.6. The van der Waals surface area contributed by atoms with Crippen molar-refractivity contribution < 1.29 is 24.2 Å². The summed E-state index contributed by atoms with van der Waals surface area (Å²) >= 11 is 0. The van der Waals surface area contributed by atoms with Crippen molar-refractivity contribution in [3.8, 4) is 5.75 Å². The van der Waals surface area contributed by atoms with Gasteiger partial charge in [0.25, 0.3) is 0 Å². The standard InChI is InChI=1S/C32H34N2O5/c1-6-33(7-2)22-15-17-26(28(19-22)38-9-4)32(25-16-14-21(30(35)36)18-24(25)31(37)39-32)29-20(5)34(8-3)27-13-11-10-12-23(27)29/h10-19H,6-9H2,1-5H3,(H,35,36)/t32-/m0/s1. The number of ether oxygens (including phenoxy) is 2. The van der Waals surface area contributed by atoms with Gasteiger partial charge in [0.05, 0.1) is 17.7 Å². The van der Waals surface area contributed by atoms with E-state index >= 15 is 0 Å². The van der Waals surface area contributed by atoms with Crippen LogP contribution in [0.1, 0.15) is 70.8 Å². The highest BCUT2D eigenvalue weighted by Crippen LogP contribution is 2.53. The number of carboxylic acids is 1. The predicted molar refractivity (Wildman–Crippen MR) is 152 cm³/mol. The topological polar surface area (TPSA) is 81.0 Å². The van der Waals surface area contributed by atoms with E-state index in [0.29, 0.717) is 23.5 Å². The van der Waals surface area contributed by atoms with Crippen molar-refractivity contribution in [1.29, 1.82) is 0 Å². The van der Waals surface area contributed by atoms with Gasteiger partial charge in [-0.3, -0.25) is 0 Å². The lowest BCUT2D eigenvalue weighted by atomic mass is 9.77. The van der Waals surface area contributed by atoms with Gasteiger partial charge >= 0.3 is 11.9 Å². The van der Waals surface area contributed by atoms with Gasteiger partial charge < -0.3 is 24.0 Å². The first-order chi connectivity index (χ1) is 18.8. The number of carbonyl (C=O) groups excluding carboxylic acids is 1. The molecule has 0 unspecified atom stereocenters. The van der Waals surface area contributed by atoms with Crippen LogP contribution in [0.4, 0.5) is 5.69 Å². The van der Waals surface area contributed by atoms with E-state index in [2.05, 4.69) is 36.3 Å². The van der Waals surface area contributed by atoms with Gasteiger partial charge in [-0.25, -0.2) is 9.59 Å². The molecule has 202 valence electrons. The number of cyclic esters (lactones) is 1. The van der Waals surface area contributed by atoms with Gasteiger partial charge in [-0.2, -0.15) is 0 Å². The van der Waals surface area contributed by atoms with Crippen molar-refractivity contribution in [2.24, 2.45) is 0 Å². The molecule has 7 heteroatoms. The molecule has 0 radical (unpaired) electrons. The summed E-state index contributed by atoms with van der Waals surface area (Å²) in [5, 5.41) is 10.6. The number of benzene rings is 3. The van der Waals surface area contributed by atoms with Crippen LogP contribution in [0.15, 0.2) is 60.7 Å². The van der Waals surface area contributed by atoms with E-state index < -0.39 is 17.5 Å². The second-order valence-corrected chi connectivity index (χ2v) is 9.64. The first-order valence-corrected chi connectivity index (χ1v) is 13.5. The Balaban J connectivity index is 1.92. The lowest BCUT2D eigenvalue weighted by Gasteiger charge is -2.33. The quantitative estimate of drug-likeness (QED) is 0.255. The molecule has 0 spiro atoms. The van der Waals surface area contributed by atoms with Crippen LogP contribution in [-0.2, 0) is 16.9 Å². The molecule has 0 saturated carbocycles. The lowest BCUT2D eigenvalue weighted by molar-refractivity contribution is 0.0246. The van der Waals surface area contributed by atoms with Crippen LogP contribution in [0.3, 0.4) is 0 Å². The average Bonchev–Trinajstić information content (AvgIpc) is 3.39. The van der Waals surface area contributed by atoms with Crippen LogP contribution in [0.2, 0.25) is 0 Å². The molecule has 39 heavy (non-hydrogen) atoms. The summed E-state index contributed by atoms with van der Waals surface area (Å²) in [6, 6.07) is 18.8. The first-order valence-electron chi connectivity index (χ1n) is 13.5. The van der Waals surface area contributed by atoms with Crippen molar-refractivity contribution in [2.45, 2.75) is 46.8 Å². The molecule has 1 aromatic heterocycles. The molecule has 0 aliphatic carbocycles. The van der Waals surface area contributed by atoms with E-state index in [1.165, 1.54) is 12.1 Å². The SMILES string of the molecule is CCOc1cc(N(CC)CC)ccc1[C@@]1(c2c(C)n(CC)c3ccccc23)OC(=O)c2cc(C(=O)O)ccc21. The van der Waals surface area contributed by atoms with Gasteiger partial charge in [-0.1, -0.05) is 24.3 Å². The number of aromatic nitrogens is 1. The molecule has 3 aromatic carbocycles. The summed E-state index contributed by atoms with van der Waals surface area (Å²) < 4.78 is 14.9. The molecule has 1 N–H and O–H groups in total. The number of aromatic carboxylic acids is 1. The zero-order chi connectivity index (χ0) is 27.9. The number of hydrogen-bond acceptors (Lipinski definition) is 5. The number of carboxylic acid groups (broad SMARTS) is 1. The van der Waals surface area contributed by atoms with Crippen LogP contribution < -0.4 is 9.64 Å². The molecule has 1 aliphatic heterocycles. The molecule has 0 bridgehead atoms. The van der Waals surface area contributed by atoms with E-state index in [-0.39, 0.29) is 11.1 Å². The monoisotopic (exact) mass is 526 g/mol. The maximum Gasteiger partial charge on any atom is 0.340 e. The fourth-order valence-electron chi connectivity index (χ4n) is 6.07. The molecule has 5 rings (SSSR count). The predicted octanol–water partition coefficient (Wildman–Crippen LogP) is 6.38. The molecule has 1 atom stereocenters. The van der Waals surface area contributed by atoms with Crippen LogP contribution >= 0.6 is 0 Å². The van der Waals surface area contributed by atoms with Crippen LogP contribution in [0, 0.1) is 6.92 Å². The molecular weight excluding hydrogens is 492 g/mol. The summed E-state index contributed by atoms with van der Waals surface area (Å²) in [4.78, 5) is 27.6. The Morgan fingerprint density at radius 2 is 1.72 bits per heavy atom. The second-order valence-electron chi connectivity index (χ2n) is 9.64. The smallest absolute Gasteiger partial charge is 0.340 e. The second kappa shape index (κ2) is 10.1. The molecule has 2 heterocycles. The Bertz CT molecular complexity index is 1580. The number of anilines is 1. The van der Waals surface area contributed by atoms with Crippen molar-refractivity contribution in [1.82, 2.24) is 4.57 Å². The Labute approximate surface area is 228 Å². The van der Waals surface area contributed by atoms with Gasteiger partial charge in [0.1, 0.15) is 5.75 Å². The van der Waals surface area contributed by atoms with Gasteiger partial charge in [-0.15, -0.1) is 0 Å². The third-order valence-electron chi connectivity index (χ3n) is 7.78. The minimum Gasteiger partial charge on any atom is -0.493 e. The number of nitrogens with zero attached hydrogens (tertiary/aromatic N) is 2. The third kappa shape index (κ3) is 3.95. The van der Waals surface area contributed by atoms with Crippen molar-refractivity contribution >= 4 is 28.5 Å². The van der Waals surface area contributed by atoms with Crippen LogP contribution in [0.25, 0.3) is 10.9 Å². The Morgan fingerprint density at radius 3 is 2.38 bits per heavy atom. The summed E-state index contributed by atoms with van der Waals surface area (Å²) in [5.74, 6) is -1.03. The Kier molecular flexibility index (Phi) is 6.85. The molecule has 7 nitrogen and oxygen atoms in total. The number of rotatable bonds is 9. The Hall–Kier alpha value is -4.26. The Morgan fingerprint density at radius 1 is 1.00 bits per heavy atom. The van der Waals surface area contributed by atoms with Crippen molar-refractivity contribution in [3.05, 3.63) is 94.2 Å². The highest BCUT2D eigenvalue weighted by molar-refractivity contribution is 6.01. The summed E-state index contributed by atoms with van der Waals surface area (Å²) in [6.45, 7) is 13.1. The number of para-hydroxylation sites is 1. The lowest BCUT2D eigenvalue weighted by Crippen LogP contribution is -2.31. The van der Waals surface area contributed by atoms with E-state index in [1.54, 1.807) is 6.07 Å². The minimum atomic E-state index is -1.33. The average molecular weight is 527 g/mol. The van der Waals surface area contributed by atoms with Gasteiger partial charge in [0.15, 0.2) is 5.60 Å². The summed E-state index contributed by atoms with van der Waals surface area (Å²) in [7, 11) is 0. The van der Waals surface area contributed by atoms with E-state index in [0.717, 1.165) is 47.5 Å². The van der Waals surface area contributed by atoms with Crippen LogP contribution in [0.5, 0.6) is 5.75 Å². The number of hydrogen-bond donors (Lipinski definition) is 1. The van der Waals surface area contributed by atoms with Gasteiger partial charge in [0, 0.05) is 64.7 Å². The van der Waals surface area contributed by atoms with E-state index in [9.17, 15) is 14.7 Å². The fourth-order valence-corrected chi connectivity index (χ4v) is 6.07. The maximum atomic E-state index is 13.6. The number of fused-ring (bicyclic) bond motifs is 2. The zero-order valence-electron chi connectivity index (χ0n) is 23.1. The number of carbonyl (C=O) groups is 2. The normalized spacial score (nSPS) is 16.3. The summed E-state index contributed by atoms with van der Waals surface area (Å²) in [5.41, 5.74) is 4.14. The zero-order valence-corrected chi connectivity index (χ0v) is 23.1. The summed E-state index contributed by atoms with van der Waals surface area (Å²) in [6.07, 6.45) is 0. The largest absolute Gasteiger partial charge is 0.493 e. The molecule has 0 saturated heterocycles. The van der Waals surface area contributed by atoms with E-state index in [4.69, 9.17) is 9.47 Å². The minimum absolute atomic E-state index is 0.0381. The third-order valence-corrected chi connectivity index (χ3v) is 7.78. The first kappa shape index (κ1) is 26.4. The highest BCUT2D eigenvalue weighted by atomic mass is 16.6. The van der Waals surface area contributed by atoms with Gasteiger partial charge in [-0.05, 0) is 65.0 Å². The molecule has 0 amide bonds. The van der Waals surface area contributed by atoms with E-state index in [1.807, 2.05) is 50.2 Å². The van der Waals surface area contributed by atoms with Gasteiger partial charge in [0.2, 0.25) is 0 Å². The van der Waals surface area contributed by atoms with Crippen molar-refractivity contribution in [2.75, 3.05) is 24.6 Å². The number of aryl methyl sites for hydroxylation is 1. The molecule has 1 aliphatic rings. The fraction of sp³-hybridized carbons (Fsp3) is 0.312.